The third-order valence-electron chi connectivity index (χ3n) is 10.4. The Morgan fingerprint density at radius 2 is 0.595 bits per heavy atom. The standard InChI is InChI=1S/C35H42P2/c1-5-18-32(19-6-1)36(26-13-14-27-36,33-20-7-2-8-21-33)30-17-31-37(28-15-16-29-37,34-22-9-3-10-23-34)35-24-11-4-12-25-35/h1-12,18-25H,13-17,26-31H2. The summed E-state index contributed by atoms with van der Waals surface area (Å²) >= 11 is 0. The average molecular weight is 525 g/mol. The Hall–Kier alpha value is -2.26. The Bertz CT molecular complexity index is 1110. The Morgan fingerprint density at radius 1 is 0.351 bits per heavy atom. The molecule has 0 aromatic heterocycles. The van der Waals surface area contributed by atoms with E-state index in [1.165, 1.54) is 69.1 Å². The third-order valence-corrected chi connectivity index (χ3v) is 25.4. The molecule has 0 atom stereocenters. The molecule has 2 aliphatic rings. The minimum atomic E-state index is -2.26. The molecule has 2 fully saturated rings. The van der Waals surface area contributed by atoms with Crippen LogP contribution in [0, 0.1) is 0 Å². The van der Waals surface area contributed by atoms with Crippen LogP contribution in [0.4, 0.5) is 0 Å². The molecule has 0 N–H and O–H groups in total. The van der Waals surface area contributed by atoms with Gasteiger partial charge in [-0.25, -0.2) is 0 Å². The number of benzene rings is 4. The molecule has 37 heavy (non-hydrogen) atoms. The maximum absolute atomic E-state index is 2.49. The molecule has 4 aromatic rings. The second kappa shape index (κ2) is 9.80. The summed E-state index contributed by atoms with van der Waals surface area (Å²) in [5, 5.41) is 6.69. The zero-order chi connectivity index (χ0) is 25.1. The van der Waals surface area contributed by atoms with Gasteiger partial charge < -0.3 is 0 Å². The summed E-state index contributed by atoms with van der Waals surface area (Å²) in [6.45, 7) is -4.53. The van der Waals surface area contributed by atoms with Crippen molar-refractivity contribution in [1.29, 1.82) is 0 Å². The summed E-state index contributed by atoms with van der Waals surface area (Å²) in [5.41, 5.74) is 0. The van der Waals surface area contributed by atoms with Crippen LogP contribution in [0.3, 0.4) is 0 Å². The second-order valence-corrected chi connectivity index (χ2v) is 23.6. The van der Waals surface area contributed by atoms with Crippen LogP contribution in [0.25, 0.3) is 0 Å². The summed E-state index contributed by atoms with van der Waals surface area (Å²) < 4.78 is 0. The van der Waals surface area contributed by atoms with Gasteiger partial charge in [0.2, 0.25) is 0 Å². The molecule has 2 heterocycles. The fourth-order valence-corrected chi connectivity index (χ4v) is 23.5. The molecule has 0 radical (unpaired) electrons. The monoisotopic (exact) mass is 524 g/mol. The molecule has 0 bridgehead atoms. The number of hydrogen-bond donors (Lipinski definition) is 0. The van der Waals surface area contributed by atoms with Gasteiger partial charge in [-0.15, -0.1) is 0 Å². The van der Waals surface area contributed by atoms with E-state index in [0.29, 0.717) is 0 Å². The van der Waals surface area contributed by atoms with Crippen molar-refractivity contribution in [3.8, 4) is 0 Å². The van der Waals surface area contributed by atoms with Crippen molar-refractivity contribution < 1.29 is 0 Å². The molecule has 0 saturated carbocycles. The first-order valence-electron chi connectivity index (χ1n) is 14.4. The van der Waals surface area contributed by atoms with Gasteiger partial charge >= 0.3 is 225 Å². The van der Waals surface area contributed by atoms with Crippen LogP contribution >= 0.6 is 13.2 Å². The summed E-state index contributed by atoms with van der Waals surface area (Å²) in [7, 11) is 0. The molecule has 2 heteroatoms. The van der Waals surface area contributed by atoms with Crippen molar-refractivity contribution in [1.82, 2.24) is 0 Å². The summed E-state index contributed by atoms with van der Waals surface area (Å²) in [5.74, 6) is 0. The van der Waals surface area contributed by atoms with Gasteiger partial charge in [0, 0.05) is 0 Å². The van der Waals surface area contributed by atoms with Crippen molar-refractivity contribution in [2.24, 2.45) is 0 Å². The zero-order valence-corrected chi connectivity index (χ0v) is 24.0. The summed E-state index contributed by atoms with van der Waals surface area (Å²) in [6, 6.07) is 47.1. The van der Waals surface area contributed by atoms with E-state index >= 15 is 0 Å². The van der Waals surface area contributed by atoms with Crippen molar-refractivity contribution in [2.75, 3.05) is 37.0 Å². The molecular weight excluding hydrogens is 482 g/mol. The van der Waals surface area contributed by atoms with Crippen LogP contribution in [0.5, 0.6) is 0 Å². The molecule has 0 nitrogen and oxygen atoms in total. The van der Waals surface area contributed by atoms with Crippen LogP contribution < -0.4 is 21.2 Å². The van der Waals surface area contributed by atoms with Gasteiger partial charge in [-0.3, -0.25) is 0 Å². The van der Waals surface area contributed by atoms with Gasteiger partial charge in [0.25, 0.3) is 0 Å². The molecular formula is C35H42P2. The SMILES string of the molecule is c1ccc(P2(CCCP3(c4ccccc4)(c4ccccc4)CCCC3)(c3ccccc3)CCCC2)cc1. The molecule has 4 aromatic carbocycles. The Balaban J connectivity index is 1.47. The topological polar surface area (TPSA) is 0 Å². The summed E-state index contributed by atoms with van der Waals surface area (Å²) in [6.07, 6.45) is 15.2. The van der Waals surface area contributed by atoms with Gasteiger partial charge in [0.15, 0.2) is 0 Å². The fraction of sp³-hybridized carbons (Fsp3) is 0.314. The predicted octanol–water partition coefficient (Wildman–Crippen LogP) is 7.37. The molecule has 192 valence electrons. The predicted molar refractivity (Wildman–Crippen MR) is 170 cm³/mol. The van der Waals surface area contributed by atoms with Crippen molar-refractivity contribution in [3.05, 3.63) is 121 Å². The number of hydrogen-bond acceptors (Lipinski definition) is 0. The van der Waals surface area contributed by atoms with E-state index in [1.54, 1.807) is 21.2 Å². The molecule has 0 spiro atoms. The first-order chi connectivity index (χ1) is 18.2. The van der Waals surface area contributed by atoms with Gasteiger partial charge in [-0.1, -0.05) is 0 Å². The number of rotatable bonds is 8. The summed E-state index contributed by atoms with van der Waals surface area (Å²) in [4.78, 5) is 0. The van der Waals surface area contributed by atoms with E-state index < -0.39 is 13.2 Å². The Labute approximate surface area is 224 Å². The van der Waals surface area contributed by atoms with E-state index in [1.807, 2.05) is 0 Å². The first kappa shape index (κ1) is 25.0. The molecule has 0 unspecified atom stereocenters. The van der Waals surface area contributed by atoms with Gasteiger partial charge in [0.05, 0.1) is 0 Å². The van der Waals surface area contributed by atoms with Crippen LogP contribution in [0.2, 0.25) is 0 Å². The van der Waals surface area contributed by atoms with Crippen molar-refractivity contribution in [2.45, 2.75) is 32.1 Å². The zero-order valence-electron chi connectivity index (χ0n) is 22.2. The molecule has 2 aliphatic heterocycles. The molecule has 0 amide bonds. The average Bonchev–Trinajstić information content (AvgIpc) is 3.64. The van der Waals surface area contributed by atoms with Crippen LogP contribution in [0.15, 0.2) is 121 Å². The minimum absolute atomic E-state index is 1.34. The van der Waals surface area contributed by atoms with Gasteiger partial charge in [-0.2, -0.15) is 0 Å². The van der Waals surface area contributed by atoms with Crippen LogP contribution in [-0.4, -0.2) is 37.0 Å². The first-order valence-corrected chi connectivity index (χ1v) is 20.0. The van der Waals surface area contributed by atoms with E-state index in [-0.39, 0.29) is 0 Å². The van der Waals surface area contributed by atoms with E-state index in [9.17, 15) is 0 Å². The van der Waals surface area contributed by atoms with E-state index in [4.69, 9.17) is 0 Å². The fourth-order valence-electron chi connectivity index (χ4n) is 8.60. The normalized spacial score (nSPS) is 23.2. The van der Waals surface area contributed by atoms with E-state index in [0.717, 1.165) is 0 Å². The van der Waals surface area contributed by atoms with Crippen molar-refractivity contribution in [3.63, 3.8) is 0 Å². The Morgan fingerprint density at radius 3 is 0.838 bits per heavy atom. The van der Waals surface area contributed by atoms with Gasteiger partial charge in [-0.05, 0) is 0 Å². The van der Waals surface area contributed by atoms with Crippen LogP contribution in [0.1, 0.15) is 32.1 Å². The quantitative estimate of drug-likeness (QED) is 0.211. The van der Waals surface area contributed by atoms with Crippen LogP contribution in [-0.2, 0) is 0 Å². The second-order valence-electron chi connectivity index (χ2n) is 11.9. The van der Waals surface area contributed by atoms with Gasteiger partial charge in [0.1, 0.15) is 0 Å². The molecule has 0 aliphatic carbocycles. The molecule has 2 saturated heterocycles. The third kappa shape index (κ3) is 3.87. The van der Waals surface area contributed by atoms with Crippen molar-refractivity contribution >= 4 is 34.4 Å². The Kier molecular flexibility index (Phi) is 6.63. The van der Waals surface area contributed by atoms with E-state index in [2.05, 4.69) is 121 Å². The molecule has 6 rings (SSSR count). The maximum atomic E-state index is 2.49.